The Balaban J connectivity index is 1.67. The van der Waals surface area contributed by atoms with Crippen molar-refractivity contribution < 1.29 is 9.47 Å². The van der Waals surface area contributed by atoms with Gasteiger partial charge in [0.25, 0.3) is 0 Å². The van der Waals surface area contributed by atoms with Crippen LogP contribution in [-0.2, 0) is 0 Å². The van der Waals surface area contributed by atoms with Crippen molar-refractivity contribution in [1.29, 1.82) is 0 Å². The average Bonchev–Trinajstić information content (AvgIpc) is 3.03. The van der Waals surface area contributed by atoms with E-state index in [-0.39, 0.29) is 0 Å². The predicted molar refractivity (Wildman–Crippen MR) is 98.6 cm³/mol. The third kappa shape index (κ3) is 3.01. The SMILES string of the molecule is COc1ccc(/C=N/c2nnc3c4cc(OC)ccc4nc-3s2)cc1. The van der Waals surface area contributed by atoms with Gasteiger partial charge in [-0.25, -0.2) is 9.98 Å². The molecule has 2 aromatic rings. The molecule has 0 saturated heterocycles. The Hall–Kier alpha value is -3.06. The molecule has 2 aromatic carbocycles. The van der Waals surface area contributed by atoms with Crippen LogP contribution in [0.2, 0.25) is 0 Å². The Bertz CT molecular complexity index is 1030. The van der Waals surface area contributed by atoms with Gasteiger partial charge in [-0.15, -0.1) is 10.2 Å². The molecule has 4 rings (SSSR count). The summed E-state index contributed by atoms with van der Waals surface area (Å²) in [5.41, 5.74) is 2.60. The average molecular weight is 350 g/mol. The van der Waals surface area contributed by atoms with E-state index in [1.54, 1.807) is 20.4 Å². The molecule has 0 bridgehead atoms. The van der Waals surface area contributed by atoms with Crippen molar-refractivity contribution in [2.24, 2.45) is 4.99 Å². The zero-order valence-corrected chi connectivity index (χ0v) is 14.4. The fourth-order valence-corrected chi connectivity index (χ4v) is 3.20. The third-order valence-electron chi connectivity index (χ3n) is 3.75. The molecule has 2 heterocycles. The summed E-state index contributed by atoms with van der Waals surface area (Å²) in [5.74, 6) is 1.58. The molecule has 0 unspecified atom stereocenters. The van der Waals surface area contributed by atoms with E-state index in [1.165, 1.54) is 11.3 Å². The van der Waals surface area contributed by atoms with Gasteiger partial charge < -0.3 is 9.47 Å². The molecule has 6 nitrogen and oxygen atoms in total. The standard InChI is InChI=1S/C18H14N4O2S/c1-23-12-5-3-11(4-6-12)10-19-18-22-21-16-14-9-13(24-2)7-8-15(14)20-17(16)25-18/h3-10H,1-2H3/b19-10+. The van der Waals surface area contributed by atoms with Gasteiger partial charge in [0.2, 0.25) is 5.13 Å². The summed E-state index contributed by atoms with van der Waals surface area (Å²) in [6.45, 7) is 0. The van der Waals surface area contributed by atoms with Gasteiger partial charge in [-0.2, -0.15) is 0 Å². The first-order valence-electron chi connectivity index (χ1n) is 7.56. The highest BCUT2D eigenvalue weighted by Crippen LogP contribution is 2.36. The van der Waals surface area contributed by atoms with E-state index < -0.39 is 0 Å². The number of aromatic nitrogens is 3. The molecule has 0 N–H and O–H groups in total. The summed E-state index contributed by atoms with van der Waals surface area (Å²) in [6.07, 6.45) is 1.75. The molecular weight excluding hydrogens is 336 g/mol. The molecule has 0 atom stereocenters. The monoisotopic (exact) mass is 350 g/mol. The van der Waals surface area contributed by atoms with Gasteiger partial charge in [0.15, 0.2) is 0 Å². The first kappa shape index (κ1) is 15.5. The van der Waals surface area contributed by atoms with Crippen LogP contribution in [0.25, 0.3) is 21.6 Å². The molecule has 0 radical (unpaired) electrons. The highest BCUT2D eigenvalue weighted by Gasteiger charge is 2.16. The van der Waals surface area contributed by atoms with E-state index in [9.17, 15) is 0 Å². The fourth-order valence-electron chi connectivity index (χ4n) is 2.45. The van der Waals surface area contributed by atoms with Crippen molar-refractivity contribution in [2.45, 2.75) is 0 Å². The summed E-state index contributed by atoms with van der Waals surface area (Å²) in [5, 5.41) is 10.8. The van der Waals surface area contributed by atoms with Crippen LogP contribution in [0.1, 0.15) is 5.56 Å². The minimum Gasteiger partial charge on any atom is -0.497 e. The third-order valence-corrected chi connectivity index (χ3v) is 4.59. The summed E-state index contributed by atoms with van der Waals surface area (Å²) in [4.78, 5) is 9.00. The number of methoxy groups -OCH3 is 2. The molecule has 7 heteroatoms. The molecule has 0 aliphatic carbocycles. The minimum atomic E-state index is 0.554. The van der Waals surface area contributed by atoms with Crippen LogP contribution in [0.3, 0.4) is 0 Å². The number of benzene rings is 2. The van der Waals surface area contributed by atoms with Crippen LogP contribution < -0.4 is 9.47 Å². The maximum Gasteiger partial charge on any atom is 0.231 e. The lowest BCUT2D eigenvalue weighted by Gasteiger charge is -2.00. The topological polar surface area (TPSA) is 69.5 Å². The van der Waals surface area contributed by atoms with Gasteiger partial charge in [-0.1, -0.05) is 11.3 Å². The quantitative estimate of drug-likeness (QED) is 0.521. The highest BCUT2D eigenvalue weighted by molar-refractivity contribution is 7.18. The van der Waals surface area contributed by atoms with Gasteiger partial charge in [0.05, 0.1) is 19.7 Å². The van der Waals surface area contributed by atoms with Crippen molar-refractivity contribution in [3.63, 3.8) is 0 Å². The van der Waals surface area contributed by atoms with Gasteiger partial charge >= 0.3 is 0 Å². The Morgan fingerprint density at radius 1 is 0.960 bits per heavy atom. The predicted octanol–water partition coefficient (Wildman–Crippen LogP) is 3.96. The molecular formula is C18H14N4O2S. The molecule has 0 aromatic heterocycles. The summed E-state index contributed by atoms with van der Waals surface area (Å²) in [6, 6.07) is 13.4. The number of fused-ring (bicyclic) bond motifs is 3. The summed E-state index contributed by atoms with van der Waals surface area (Å²) < 4.78 is 10.4. The van der Waals surface area contributed by atoms with Crippen LogP contribution in [0, 0.1) is 0 Å². The maximum atomic E-state index is 5.26. The lowest BCUT2D eigenvalue weighted by molar-refractivity contribution is 0.415. The smallest absolute Gasteiger partial charge is 0.231 e. The van der Waals surface area contributed by atoms with Crippen LogP contribution in [0.5, 0.6) is 11.5 Å². The van der Waals surface area contributed by atoms with Crippen molar-refractivity contribution in [1.82, 2.24) is 15.2 Å². The van der Waals surface area contributed by atoms with Crippen LogP contribution in [0.4, 0.5) is 5.13 Å². The molecule has 0 saturated carbocycles. The first-order valence-corrected chi connectivity index (χ1v) is 8.37. The lowest BCUT2D eigenvalue weighted by atomic mass is 10.2. The maximum absolute atomic E-state index is 5.26. The minimum absolute atomic E-state index is 0.554. The Morgan fingerprint density at radius 3 is 2.48 bits per heavy atom. The number of hydrogen-bond acceptors (Lipinski definition) is 7. The normalized spacial score (nSPS) is 11.4. The molecule has 0 fully saturated rings. The molecule has 0 amide bonds. The van der Waals surface area contributed by atoms with Crippen molar-refractivity contribution in [2.75, 3.05) is 14.2 Å². The molecule has 25 heavy (non-hydrogen) atoms. The van der Waals surface area contributed by atoms with Crippen molar-refractivity contribution in [3.05, 3.63) is 48.0 Å². The Morgan fingerprint density at radius 2 is 1.72 bits per heavy atom. The van der Waals surface area contributed by atoms with Crippen LogP contribution in [-0.4, -0.2) is 35.6 Å². The molecule has 124 valence electrons. The van der Waals surface area contributed by atoms with Gasteiger partial charge in [0.1, 0.15) is 22.2 Å². The number of ether oxygens (including phenoxy) is 2. The van der Waals surface area contributed by atoms with E-state index in [0.29, 0.717) is 5.13 Å². The van der Waals surface area contributed by atoms with Gasteiger partial charge in [0, 0.05) is 11.6 Å². The zero-order valence-electron chi connectivity index (χ0n) is 13.6. The first-order chi connectivity index (χ1) is 12.3. The summed E-state index contributed by atoms with van der Waals surface area (Å²) in [7, 11) is 3.28. The van der Waals surface area contributed by atoms with E-state index in [4.69, 9.17) is 9.47 Å². The second kappa shape index (κ2) is 6.45. The highest BCUT2D eigenvalue weighted by atomic mass is 32.1. The number of aliphatic imine (C=N–C) groups is 1. The largest absolute Gasteiger partial charge is 0.497 e. The molecule has 2 aliphatic rings. The van der Waals surface area contributed by atoms with E-state index in [2.05, 4.69) is 20.2 Å². The Labute approximate surface area is 148 Å². The van der Waals surface area contributed by atoms with Crippen molar-refractivity contribution in [3.8, 4) is 22.2 Å². The van der Waals surface area contributed by atoms with Gasteiger partial charge in [-0.3, -0.25) is 0 Å². The van der Waals surface area contributed by atoms with Gasteiger partial charge in [-0.05, 0) is 48.0 Å². The summed E-state index contributed by atoms with van der Waals surface area (Å²) >= 11 is 1.40. The number of nitrogens with zero attached hydrogens (tertiary/aromatic N) is 4. The zero-order chi connectivity index (χ0) is 17.2. The second-order valence-corrected chi connectivity index (χ2v) is 6.22. The Kier molecular flexibility index (Phi) is 3.99. The number of hydrogen-bond donors (Lipinski definition) is 0. The van der Waals surface area contributed by atoms with Crippen LogP contribution in [0.15, 0.2) is 47.5 Å². The lowest BCUT2D eigenvalue weighted by Crippen LogP contribution is -1.87. The second-order valence-electron chi connectivity index (χ2n) is 5.26. The van der Waals surface area contributed by atoms with E-state index in [1.807, 2.05) is 42.5 Å². The van der Waals surface area contributed by atoms with E-state index >= 15 is 0 Å². The fraction of sp³-hybridized carbons (Fsp3) is 0.111. The molecule has 2 aliphatic heterocycles. The van der Waals surface area contributed by atoms with E-state index in [0.717, 1.165) is 38.7 Å². The molecule has 0 spiro atoms. The van der Waals surface area contributed by atoms with Crippen LogP contribution >= 0.6 is 11.3 Å². The number of rotatable bonds is 4. The van der Waals surface area contributed by atoms with Crippen molar-refractivity contribution >= 4 is 33.6 Å².